The van der Waals surface area contributed by atoms with E-state index < -0.39 is 0 Å². The van der Waals surface area contributed by atoms with Crippen molar-refractivity contribution in [3.63, 3.8) is 0 Å². The Kier molecular flexibility index (Phi) is 5.34. The number of aromatic nitrogens is 1. The Morgan fingerprint density at radius 3 is 2.56 bits per heavy atom. The maximum absolute atomic E-state index is 13.4. The molecule has 2 unspecified atom stereocenters. The lowest BCUT2D eigenvalue weighted by atomic mass is 9.85. The monoisotopic (exact) mass is 422 g/mol. The Balaban J connectivity index is 1.38. The average molecular weight is 423 g/mol. The molecule has 1 saturated carbocycles. The molecular formula is C29H30N2O. The van der Waals surface area contributed by atoms with E-state index in [-0.39, 0.29) is 17.7 Å². The van der Waals surface area contributed by atoms with Crippen molar-refractivity contribution < 1.29 is 4.79 Å². The standard InChI is InChI=1S/C29H30N2O/c1-18-7-4-5-8-23(18)21-11-12-27(20(3)16-21)31-29(32)25-10-6-9-24(25)26-17-28-22(13-14-30-28)15-19(26)2/h4-5,7-8,11-17,24-25,30H,6,9-10H2,1-3H3,(H,31,32). The summed E-state index contributed by atoms with van der Waals surface area (Å²) in [4.78, 5) is 16.7. The number of aryl methyl sites for hydroxylation is 3. The molecule has 1 amide bonds. The predicted molar refractivity (Wildman–Crippen MR) is 133 cm³/mol. The van der Waals surface area contributed by atoms with Crippen molar-refractivity contribution in [2.75, 3.05) is 5.32 Å². The van der Waals surface area contributed by atoms with Crippen LogP contribution in [0.2, 0.25) is 0 Å². The van der Waals surface area contributed by atoms with Gasteiger partial charge in [-0.2, -0.15) is 0 Å². The number of hydrogen-bond acceptors (Lipinski definition) is 1. The fourth-order valence-electron chi connectivity index (χ4n) is 5.37. The van der Waals surface area contributed by atoms with Crippen molar-refractivity contribution in [2.24, 2.45) is 5.92 Å². The first-order chi connectivity index (χ1) is 15.5. The molecule has 32 heavy (non-hydrogen) atoms. The molecule has 1 heterocycles. The third kappa shape index (κ3) is 3.73. The first-order valence-corrected chi connectivity index (χ1v) is 11.6. The largest absolute Gasteiger partial charge is 0.361 e. The third-order valence-corrected chi connectivity index (χ3v) is 7.13. The summed E-state index contributed by atoms with van der Waals surface area (Å²) >= 11 is 0. The van der Waals surface area contributed by atoms with Gasteiger partial charge in [-0.3, -0.25) is 4.79 Å². The normalized spacial score (nSPS) is 18.2. The summed E-state index contributed by atoms with van der Waals surface area (Å²) in [6.45, 7) is 6.38. The van der Waals surface area contributed by atoms with Crippen LogP contribution in [-0.4, -0.2) is 10.9 Å². The zero-order valence-corrected chi connectivity index (χ0v) is 19.0. The highest BCUT2D eigenvalue weighted by Gasteiger charge is 2.35. The minimum absolute atomic E-state index is 0.0107. The molecule has 2 N–H and O–H groups in total. The van der Waals surface area contributed by atoms with Gasteiger partial charge >= 0.3 is 0 Å². The van der Waals surface area contributed by atoms with E-state index in [1.807, 2.05) is 6.20 Å². The van der Waals surface area contributed by atoms with E-state index in [1.54, 1.807) is 0 Å². The van der Waals surface area contributed by atoms with Gasteiger partial charge in [-0.05, 0) is 109 Å². The lowest BCUT2D eigenvalue weighted by Gasteiger charge is -2.22. The number of carbonyl (C=O) groups is 1. The molecule has 3 heteroatoms. The van der Waals surface area contributed by atoms with E-state index in [0.29, 0.717) is 0 Å². The Hall–Kier alpha value is -3.33. The van der Waals surface area contributed by atoms with E-state index in [4.69, 9.17) is 0 Å². The molecule has 1 fully saturated rings. The maximum Gasteiger partial charge on any atom is 0.228 e. The number of hydrogen-bond donors (Lipinski definition) is 2. The number of nitrogens with one attached hydrogen (secondary N) is 2. The summed E-state index contributed by atoms with van der Waals surface area (Å²) in [6.07, 6.45) is 5.08. The van der Waals surface area contributed by atoms with Crippen molar-refractivity contribution in [1.29, 1.82) is 0 Å². The molecule has 1 aliphatic carbocycles. The number of carbonyl (C=O) groups excluding carboxylic acids is 1. The zero-order chi connectivity index (χ0) is 22.2. The van der Waals surface area contributed by atoms with E-state index in [1.165, 1.54) is 33.2 Å². The zero-order valence-electron chi connectivity index (χ0n) is 19.0. The van der Waals surface area contributed by atoms with Crippen LogP contribution in [0, 0.1) is 26.7 Å². The first kappa shape index (κ1) is 20.6. The number of fused-ring (bicyclic) bond motifs is 1. The molecule has 3 aromatic carbocycles. The Morgan fingerprint density at radius 2 is 1.75 bits per heavy atom. The van der Waals surface area contributed by atoms with Crippen LogP contribution in [0.5, 0.6) is 0 Å². The Morgan fingerprint density at radius 1 is 0.906 bits per heavy atom. The van der Waals surface area contributed by atoms with E-state index in [2.05, 4.69) is 91.7 Å². The molecule has 0 bridgehead atoms. The highest BCUT2D eigenvalue weighted by Crippen LogP contribution is 2.42. The van der Waals surface area contributed by atoms with Gasteiger partial charge in [0.1, 0.15) is 0 Å². The molecular weight excluding hydrogens is 392 g/mol. The van der Waals surface area contributed by atoms with Crippen molar-refractivity contribution in [3.05, 3.63) is 89.1 Å². The van der Waals surface area contributed by atoms with Crippen LogP contribution in [0.25, 0.3) is 22.0 Å². The van der Waals surface area contributed by atoms with Crippen LogP contribution < -0.4 is 5.32 Å². The van der Waals surface area contributed by atoms with Gasteiger partial charge in [0.2, 0.25) is 5.91 Å². The summed E-state index contributed by atoms with van der Waals surface area (Å²) in [5.41, 5.74) is 9.43. The van der Waals surface area contributed by atoms with Gasteiger partial charge in [0.05, 0.1) is 0 Å². The van der Waals surface area contributed by atoms with Gasteiger partial charge < -0.3 is 10.3 Å². The number of benzene rings is 3. The lowest BCUT2D eigenvalue weighted by molar-refractivity contribution is -0.120. The Bertz CT molecular complexity index is 1300. The second-order valence-electron chi connectivity index (χ2n) is 9.25. The Labute approximate surface area is 189 Å². The summed E-state index contributed by atoms with van der Waals surface area (Å²) in [5, 5.41) is 4.48. The van der Waals surface area contributed by atoms with Crippen LogP contribution in [0.4, 0.5) is 5.69 Å². The second kappa shape index (κ2) is 8.31. The van der Waals surface area contributed by atoms with Gasteiger partial charge in [0.15, 0.2) is 0 Å². The minimum atomic E-state index is 0.0107. The smallest absolute Gasteiger partial charge is 0.228 e. The van der Waals surface area contributed by atoms with Gasteiger partial charge in [0, 0.05) is 23.3 Å². The molecule has 162 valence electrons. The molecule has 5 rings (SSSR count). The molecule has 1 aliphatic rings. The number of aromatic amines is 1. The van der Waals surface area contributed by atoms with Crippen LogP contribution in [0.15, 0.2) is 66.9 Å². The average Bonchev–Trinajstić information content (AvgIpc) is 3.44. The van der Waals surface area contributed by atoms with E-state index in [9.17, 15) is 4.79 Å². The van der Waals surface area contributed by atoms with Crippen molar-refractivity contribution in [2.45, 2.75) is 46.0 Å². The van der Waals surface area contributed by atoms with Crippen LogP contribution >= 0.6 is 0 Å². The quantitative estimate of drug-likeness (QED) is 0.356. The fourth-order valence-corrected chi connectivity index (χ4v) is 5.37. The molecule has 0 radical (unpaired) electrons. The summed E-state index contributed by atoms with van der Waals surface area (Å²) in [5.74, 6) is 0.427. The van der Waals surface area contributed by atoms with Crippen LogP contribution in [0.1, 0.15) is 47.4 Å². The van der Waals surface area contributed by atoms with Crippen LogP contribution in [0.3, 0.4) is 0 Å². The van der Waals surface area contributed by atoms with Gasteiger partial charge in [-0.15, -0.1) is 0 Å². The summed E-state index contributed by atoms with van der Waals surface area (Å²) < 4.78 is 0. The molecule has 2 atom stereocenters. The van der Waals surface area contributed by atoms with Gasteiger partial charge in [-0.25, -0.2) is 0 Å². The maximum atomic E-state index is 13.4. The summed E-state index contributed by atoms with van der Waals surface area (Å²) in [6, 6.07) is 21.3. The fraction of sp³-hybridized carbons (Fsp3) is 0.276. The van der Waals surface area contributed by atoms with Crippen molar-refractivity contribution in [3.8, 4) is 11.1 Å². The molecule has 1 aromatic heterocycles. The first-order valence-electron chi connectivity index (χ1n) is 11.6. The topological polar surface area (TPSA) is 44.9 Å². The number of amides is 1. The second-order valence-corrected chi connectivity index (χ2v) is 9.25. The molecule has 0 spiro atoms. The molecule has 0 saturated heterocycles. The molecule has 4 aromatic rings. The van der Waals surface area contributed by atoms with Crippen molar-refractivity contribution in [1.82, 2.24) is 4.98 Å². The van der Waals surface area contributed by atoms with Crippen LogP contribution in [-0.2, 0) is 4.79 Å². The number of anilines is 1. The minimum Gasteiger partial charge on any atom is -0.361 e. The van der Waals surface area contributed by atoms with E-state index in [0.717, 1.165) is 36.0 Å². The SMILES string of the molecule is Cc1cc(-c2ccccc2C)ccc1NC(=O)C1CCCC1c1cc2[nH]ccc2cc1C. The lowest BCUT2D eigenvalue weighted by Crippen LogP contribution is -2.25. The molecule has 0 aliphatic heterocycles. The van der Waals surface area contributed by atoms with Gasteiger partial charge in [-0.1, -0.05) is 36.8 Å². The highest BCUT2D eigenvalue weighted by molar-refractivity contribution is 5.94. The summed E-state index contributed by atoms with van der Waals surface area (Å²) in [7, 11) is 0. The van der Waals surface area contributed by atoms with Crippen molar-refractivity contribution >= 4 is 22.5 Å². The van der Waals surface area contributed by atoms with Gasteiger partial charge in [0.25, 0.3) is 0 Å². The predicted octanol–water partition coefficient (Wildman–Crippen LogP) is 7.28. The number of H-pyrrole nitrogens is 1. The highest BCUT2D eigenvalue weighted by atomic mass is 16.1. The molecule has 3 nitrogen and oxygen atoms in total. The number of rotatable bonds is 4. The van der Waals surface area contributed by atoms with E-state index >= 15 is 0 Å². The third-order valence-electron chi connectivity index (χ3n) is 7.13.